The number of fused-ring (bicyclic) bond motifs is 30. The van der Waals surface area contributed by atoms with E-state index >= 15 is 0 Å². The minimum absolute atomic E-state index is 0.294. The Balaban J connectivity index is 0.000000115. The van der Waals surface area contributed by atoms with E-state index in [1.807, 2.05) is 123 Å². The van der Waals surface area contributed by atoms with E-state index in [0.29, 0.717) is 34.5 Å². The molecule has 0 aliphatic carbocycles. The Morgan fingerprint density at radius 3 is 0.726 bits per heavy atom. The van der Waals surface area contributed by atoms with Gasteiger partial charge in [-0.2, -0.15) is 0 Å². The topological polar surface area (TPSA) is 90.2 Å². The lowest BCUT2D eigenvalue weighted by atomic mass is 9.94. The molecule has 7 nitrogen and oxygen atoms in total. The maximum atomic E-state index is 7.57. The molecule has 0 aliphatic heterocycles. The molecule has 7 aromatic heterocycles. The maximum Gasteiger partial charge on any atom is 0.0787 e. The molecule has 0 saturated heterocycles. The average Bonchev–Trinajstić information content (AvgIpc) is 0.779. The molecule has 0 bridgehead atoms. The summed E-state index contributed by atoms with van der Waals surface area (Å²) in [6.45, 7) is 1.52. The monoisotopic (exact) mass is 1230 g/mol. The number of benzene rings is 13. The van der Waals surface area contributed by atoms with E-state index in [2.05, 4.69) is 199 Å². The number of pyridine rings is 7. The fraction of sp³-hybridized carbons (Fsp3) is 0.0568. The smallest absolute Gasteiger partial charge is 0.0787 e. The molecule has 0 radical (unpaired) electrons. The first-order valence-corrected chi connectivity index (χ1v) is 31.5. The SMILES string of the molecule is [2H]Cc1ccc2c(c1)c1cnccc1c1ncccc21.[2H]Cc1ccc2c3ccccc3c3ccncc3c2c1.[2H]Cc1ccc2c3ccccc3c3ncccc3c2c1.[2H]Cc1ccc2c3ccccc3c3ncccc3c2c1.[2H]Cc1ccc2c3ccncc3c3ccncc3c2c1.[2H][2H].[2H][2H].[2H][2H]. The van der Waals surface area contributed by atoms with Crippen LogP contribution in [-0.4, -0.2) is 34.9 Å². The number of rotatable bonds is 0. The van der Waals surface area contributed by atoms with Gasteiger partial charge in [0.15, 0.2) is 0 Å². The Kier molecular flexibility index (Phi) is 12.7. The quantitative estimate of drug-likeness (QED) is 0.140. The van der Waals surface area contributed by atoms with E-state index in [1.165, 1.54) is 86.2 Å². The van der Waals surface area contributed by atoms with Crippen LogP contribution in [0.5, 0.6) is 0 Å². The first-order chi connectivity index (χ1) is 52.4. The molecule has 0 saturated carbocycles. The van der Waals surface area contributed by atoms with E-state index in [9.17, 15) is 0 Å². The lowest BCUT2D eigenvalue weighted by molar-refractivity contribution is 1.36. The van der Waals surface area contributed by atoms with E-state index in [4.69, 9.17) is 15.8 Å². The van der Waals surface area contributed by atoms with Gasteiger partial charge in [0.2, 0.25) is 0 Å². The third kappa shape index (κ3) is 10.5. The van der Waals surface area contributed by atoms with Gasteiger partial charge in [0, 0.05) is 138 Å². The standard InChI is InChI=1S/3C18H13N.2C17H12N2.3H2/c2*1-12-8-9-14-13-5-2-3-6-15(13)18-16(17(14)11-12)7-4-10-19-18;1-12-6-7-15-13-4-2-3-5-14(13)16-8-9-19-11-18(16)17(15)10-12;1-11-2-3-12-13-4-6-18-9-16(13)14-5-7-19-10-17(14)15(12)8-11;1-11-4-5-12-13-3-2-7-19-17(13)14-6-8-18-10-16(14)15(12)9-11;;;/h3*2-11H,1H3;2*2-10H,1H3;3*1H/i5*1D;3*1+1D. The van der Waals surface area contributed by atoms with Crippen molar-refractivity contribution in [2.75, 3.05) is 0 Å². The molecule has 13 aromatic carbocycles. The number of hydrogen-bond donors (Lipinski definition) is 0. The summed E-state index contributed by atoms with van der Waals surface area (Å²) in [6, 6.07) is 77.0. The van der Waals surface area contributed by atoms with Crippen LogP contribution in [0, 0.1) is 34.5 Å². The molecular weight excluding hydrogens is 1160 g/mol. The van der Waals surface area contributed by atoms with Crippen LogP contribution in [0.15, 0.2) is 293 Å². The summed E-state index contributed by atoms with van der Waals surface area (Å²) in [4.78, 5) is 30.7. The second-order valence-electron chi connectivity index (χ2n) is 23.9. The molecular formula is C88H69N7. The van der Waals surface area contributed by atoms with Crippen molar-refractivity contribution < 1.29 is 15.8 Å². The fourth-order valence-corrected chi connectivity index (χ4v) is 13.9. The van der Waals surface area contributed by atoms with Crippen LogP contribution >= 0.6 is 0 Å². The van der Waals surface area contributed by atoms with Crippen LogP contribution in [0.25, 0.3) is 162 Å². The lowest BCUT2D eigenvalue weighted by Crippen LogP contribution is -1.86. The van der Waals surface area contributed by atoms with Gasteiger partial charge < -0.3 is 0 Å². The Morgan fingerprint density at radius 2 is 0.400 bits per heavy atom. The zero-order chi connectivity index (χ0) is 73.6. The molecule has 0 atom stereocenters. The molecule has 0 amide bonds. The van der Waals surface area contributed by atoms with Gasteiger partial charge in [0.05, 0.1) is 16.6 Å². The van der Waals surface area contributed by atoms with Crippen LogP contribution < -0.4 is 0 Å². The Hall–Kier alpha value is -12.2. The van der Waals surface area contributed by atoms with Crippen LogP contribution in [-0.2, 0) is 0 Å². The van der Waals surface area contributed by atoms with Crippen LogP contribution in [0.1, 0.15) is 43.6 Å². The summed E-state index contributed by atoms with van der Waals surface area (Å²) in [7, 11) is 0. The van der Waals surface area contributed by atoms with Crippen LogP contribution in [0.3, 0.4) is 0 Å². The first-order valence-electron chi connectivity index (χ1n) is 38.0. The average molecular weight is 1240 g/mol. The van der Waals surface area contributed by atoms with Gasteiger partial charge in [-0.15, -0.1) is 0 Å². The van der Waals surface area contributed by atoms with Crippen molar-refractivity contribution in [2.24, 2.45) is 0 Å². The van der Waals surface area contributed by atoms with Crippen molar-refractivity contribution in [1.82, 2.24) is 34.9 Å². The molecule has 7 heterocycles. The summed E-state index contributed by atoms with van der Waals surface area (Å²) >= 11 is 0. The van der Waals surface area contributed by atoms with E-state index in [-0.39, 0.29) is 0 Å². The molecule has 0 fully saturated rings. The van der Waals surface area contributed by atoms with Crippen molar-refractivity contribution in [3.63, 3.8) is 0 Å². The highest BCUT2D eigenvalue weighted by atomic mass is 14.7. The van der Waals surface area contributed by atoms with Gasteiger partial charge in [0.25, 0.3) is 0 Å². The third-order valence-corrected chi connectivity index (χ3v) is 18.2. The zero-order valence-corrected chi connectivity index (χ0v) is 51.9. The summed E-state index contributed by atoms with van der Waals surface area (Å²) in [6.07, 6.45) is 20.4. The van der Waals surface area contributed by atoms with Crippen LogP contribution in [0.4, 0.5) is 0 Å². The Labute approximate surface area is 565 Å². The Morgan fingerprint density at radius 1 is 0.200 bits per heavy atom. The second kappa shape index (κ2) is 24.5. The highest BCUT2D eigenvalue weighted by Crippen LogP contribution is 2.40. The fourth-order valence-electron chi connectivity index (χ4n) is 13.9. The number of aryl methyl sites for hydroxylation is 5. The van der Waals surface area contributed by atoms with Gasteiger partial charge in [-0.05, 0) is 169 Å². The zero-order valence-electron chi connectivity index (χ0n) is 62.9. The predicted molar refractivity (Wildman–Crippen MR) is 409 cm³/mol. The molecule has 20 rings (SSSR count). The molecule has 20 aromatic rings. The highest BCUT2D eigenvalue weighted by molar-refractivity contribution is 6.29. The largest absolute Gasteiger partial charge is 0.264 e. The van der Waals surface area contributed by atoms with Gasteiger partial charge in [-0.1, -0.05) is 210 Å². The van der Waals surface area contributed by atoms with Gasteiger partial charge >= 0.3 is 0 Å². The van der Waals surface area contributed by atoms with E-state index in [0.717, 1.165) is 104 Å². The Bertz CT molecular complexity index is 5490. The molecule has 95 heavy (non-hydrogen) atoms. The van der Waals surface area contributed by atoms with Gasteiger partial charge in [-0.25, -0.2) is 0 Å². The van der Waals surface area contributed by atoms with Crippen molar-refractivity contribution in [3.05, 3.63) is 320 Å². The van der Waals surface area contributed by atoms with Crippen LogP contribution in [0.2, 0.25) is 0 Å². The van der Waals surface area contributed by atoms with E-state index in [1.54, 1.807) is 6.20 Å². The van der Waals surface area contributed by atoms with Crippen molar-refractivity contribution in [2.45, 2.75) is 34.5 Å². The molecule has 0 spiro atoms. The molecule has 0 aliphatic rings. The minimum atomic E-state index is 0.294. The molecule has 7 heteroatoms. The number of nitrogens with zero attached hydrogens (tertiary/aromatic N) is 7. The first kappa shape index (κ1) is 49.5. The molecule has 0 N–H and O–H groups in total. The van der Waals surface area contributed by atoms with Crippen molar-refractivity contribution in [3.8, 4) is 0 Å². The second-order valence-corrected chi connectivity index (χ2v) is 23.9. The predicted octanol–water partition coefficient (Wildman–Crippen LogP) is 23.8. The van der Waals surface area contributed by atoms with Crippen molar-refractivity contribution >= 4 is 162 Å². The van der Waals surface area contributed by atoms with Crippen molar-refractivity contribution in [1.29, 1.82) is 0 Å². The van der Waals surface area contributed by atoms with Gasteiger partial charge in [-0.3, -0.25) is 34.9 Å². The number of aromatic nitrogens is 7. The summed E-state index contributed by atoms with van der Waals surface area (Å²) in [5.41, 5.74) is 8.25. The molecule has 0 unspecified atom stereocenters. The summed E-state index contributed by atoms with van der Waals surface area (Å²) in [5.74, 6) is 0. The normalized spacial score (nSPS) is 12.4. The summed E-state index contributed by atoms with van der Waals surface area (Å²) < 4.78 is 67.8. The minimum Gasteiger partial charge on any atom is -0.264 e. The number of hydrogen-bond acceptors (Lipinski definition) is 7. The maximum absolute atomic E-state index is 7.57. The summed E-state index contributed by atoms with van der Waals surface area (Å²) in [5, 5.41) is 32.0. The van der Waals surface area contributed by atoms with Gasteiger partial charge in [0.1, 0.15) is 0 Å². The third-order valence-electron chi connectivity index (χ3n) is 18.2. The molecule has 456 valence electrons. The van der Waals surface area contributed by atoms with E-state index < -0.39 is 0 Å². The highest BCUT2D eigenvalue weighted by Gasteiger charge is 2.14. The lowest BCUT2D eigenvalue weighted by Gasteiger charge is -2.10.